The Morgan fingerprint density at radius 1 is 1.06 bits per heavy atom. The van der Waals surface area contributed by atoms with Crippen molar-refractivity contribution in [3.8, 4) is 22.8 Å². The van der Waals surface area contributed by atoms with Crippen LogP contribution in [0.5, 0.6) is 11.5 Å². The van der Waals surface area contributed by atoms with Gasteiger partial charge in [-0.1, -0.05) is 5.16 Å². The number of ether oxygens (including phenoxy) is 2. The summed E-state index contributed by atoms with van der Waals surface area (Å²) in [6.45, 7) is -0.00313. The van der Waals surface area contributed by atoms with Gasteiger partial charge in [-0.05, 0) is 12.1 Å². The third kappa shape index (κ3) is 4.66. The number of aromatic nitrogens is 3. The third-order valence-corrected chi connectivity index (χ3v) is 4.81. The van der Waals surface area contributed by atoms with Crippen molar-refractivity contribution < 1.29 is 27.6 Å². The van der Waals surface area contributed by atoms with Crippen LogP contribution in [0.1, 0.15) is 6.42 Å². The molecule has 0 aliphatic rings. The Balaban J connectivity index is 1.55. The highest BCUT2D eigenvalue weighted by Crippen LogP contribution is 2.27. The van der Waals surface area contributed by atoms with Crippen molar-refractivity contribution in [2.24, 2.45) is 0 Å². The molecule has 9 nitrogen and oxygen atoms in total. The maximum absolute atomic E-state index is 13.6. The standard InChI is InChI=1S/C22H18F2N4O5/c1-31-16-8-15(9-17(10-16)32-2)26-18(29)3-4-28-11-25-21-19(22(28)30)20(27-33-21)12-5-13(23)7-14(24)6-12/h5-11H,3-4H2,1-2H3,(H,26,29). The van der Waals surface area contributed by atoms with Crippen LogP contribution in [0, 0.1) is 11.6 Å². The predicted molar refractivity (Wildman–Crippen MR) is 114 cm³/mol. The van der Waals surface area contributed by atoms with Crippen LogP contribution >= 0.6 is 0 Å². The van der Waals surface area contributed by atoms with Gasteiger partial charge in [-0.15, -0.1) is 0 Å². The van der Waals surface area contributed by atoms with Crippen LogP contribution in [0.3, 0.4) is 0 Å². The van der Waals surface area contributed by atoms with Crippen LogP contribution < -0.4 is 20.3 Å². The fourth-order valence-electron chi connectivity index (χ4n) is 3.25. The zero-order valence-corrected chi connectivity index (χ0v) is 17.6. The quantitative estimate of drug-likeness (QED) is 0.454. The van der Waals surface area contributed by atoms with E-state index in [0.29, 0.717) is 23.3 Å². The number of halogens is 2. The van der Waals surface area contributed by atoms with E-state index in [9.17, 15) is 18.4 Å². The number of aryl methyl sites for hydroxylation is 1. The number of nitrogens with one attached hydrogen (secondary N) is 1. The average molecular weight is 456 g/mol. The lowest BCUT2D eigenvalue weighted by atomic mass is 10.1. The Kier molecular flexibility index (Phi) is 6.03. The topological polar surface area (TPSA) is 108 Å². The molecule has 170 valence electrons. The van der Waals surface area contributed by atoms with E-state index < -0.39 is 17.2 Å². The van der Waals surface area contributed by atoms with Gasteiger partial charge >= 0.3 is 0 Å². The molecule has 1 N–H and O–H groups in total. The second-order valence-electron chi connectivity index (χ2n) is 7.01. The summed E-state index contributed by atoms with van der Waals surface area (Å²) in [5.74, 6) is -1.00. The SMILES string of the molecule is COc1cc(NC(=O)CCn2cnc3onc(-c4cc(F)cc(F)c4)c3c2=O)cc(OC)c1. The number of fused-ring (bicyclic) bond motifs is 1. The highest BCUT2D eigenvalue weighted by atomic mass is 19.1. The summed E-state index contributed by atoms with van der Waals surface area (Å²) in [5, 5.41) is 6.42. The van der Waals surface area contributed by atoms with E-state index in [0.717, 1.165) is 12.1 Å². The van der Waals surface area contributed by atoms with E-state index in [1.54, 1.807) is 18.2 Å². The van der Waals surface area contributed by atoms with Gasteiger partial charge in [0, 0.05) is 48.5 Å². The van der Waals surface area contributed by atoms with Crippen molar-refractivity contribution in [1.82, 2.24) is 14.7 Å². The summed E-state index contributed by atoms with van der Waals surface area (Å²) >= 11 is 0. The lowest BCUT2D eigenvalue weighted by Crippen LogP contribution is -2.23. The third-order valence-electron chi connectivity index (χ3n) is 4.81. The molecular formula is C22H18F2N4O5. The smallest absolute Gasteiger partial charge is 0.266 e. The van der Waals surface area contributed by atoms with Crippen molar-refractivity contribution in [1.29, 1.82) is 0 Å². The summed E-state index contributed by atoms with van der Waals surface area (Å²) in [6, 6.07) is 7.69. The number of anilines is 1. The molecule has 0 spiro atoms. The van der Waals surface area contributed by atoms with Crippen LogP contribution in [-0.2, 0) is 11.3 Å². The first kappa shape index (κ1) is 21.9. The van der Waals surface area contributed by atoms with Gasteiger partial charge in [0.1, 0.15) is 40.5 Å². The molecule has 0 aliphatic heterocycles. The van der Waals surface area contributed by atoms with E-state index in [-0.39, 0.29) is 41.2 Å². The van der Waals surface area contributed by atoms with E-state index >= 15 is 0 Å². The summed E-state index contributed by atoms with van der Waals surface area (Å²) < 4.78 is 43.8. The summed E-state index contributed by atoms with van der Waals surface area (Å²) in [5.41, 5.74) is -0.178. The van der Waals surface area contributed by atoms with Crippen molar-refractivity contribution in [2.75, 3.05) is 19.5 Å². The molecule has 0 saturated carbocycles. The van der Waals surface area contributed by atoms with Crippen LogP contribution in [-0.4, -0.2) is 34.8 Å². The zero-order valence-electron chi connectivity index (χ0n) is 17.6. The van der Waals surface area contributed by atoms with Gasteiger partial charge in [0.15, 0.2) is 0 Å². The minimum Gasteiger partial charge on any atom is -0.497 e. The number of nitrogens with zero attached hydrogens (tertiary/aromatic N) is 3. The van der Waals surface area contributed by atoms with Gasteiger partial charge in [-0.2, -0.15) is 0 Å². The van der Waals surface area contributed by atoms with Gasteiger partial charge in [0.2, 0.25) is 5.91 Å². The molecule has 11 heteroatoms. The first-order valence-electron chi connectivity index (χ1n) is 9.72. The molecule has 0 bridgehead atoms. The second kappa shape index (κ2) is 9.07. The van der Waals surface area contributed by atoms with Gasteiger partial charge in [0.05, 0.1) is 14.2 Å². The fraction of sp³-hybridized carbons (Fsp3) is 0.182. The summed E-state index contributed by atoms with van der Waals surface area (Å²) in [4.78, 5) is 29.4. The van der Waals surface area contributed by atoms with E-state index in [4.69, 9.17) is 14.0 Å². The van der Waals surface area contributed by atoms with Gasteiger partial charge in [0.25, 0.3) is 11.3 Å². The monoisotopic (exact) mass is 456 g/mol. The molecule has 1 amide bonds. The number of hydrogen-bond acceptors (Lipinski definition) is 7. The van der Waals surface area contributed by atoms with Crippen LogP contribution in [0.25, 0.3) is 22.4 Å². The largest absolute Gasteiger partial charge is 0.497 e. The predicted octanol–water partition coefficient (Wildman–Crippen LogP) is 3.38. The molecule has 0 fully saturated rings. The van der Waals surface area contributed by atoms with Gasteiger partial charge in [-0.25, -0.2) is 13.8 Å². The first-order valence-corrected chi connectivity index (χ1v) is 9.72. The molecule has 0 radical (unpaired) electrons. The molecule has 33 heavy (non-hydrogen) atoms. The van der Waals surface area contributed by atoms with Crippen molar-refractivity contribution in [3.63, 3.8) is 0 Å². The van der Waals surface area contributed by atoms with E-state index in [1.807, 2.05) is 0 Å². The molecule has 0 unspecified atom stereocenters. The van der Waals surface area contributed by atoms with Crippen LogP contribution in [0.2, 0.25) is 0 Å². The van der Waals surface area contributed by atoms with Crippen LogP contribution in [0.4, 0.5) is 14.5 Å². The number of carbonyl (C=O) groups is 1. The summed E-state index contributed by atoms with van der Waals surface area (Å²) in [6.07, 6.45) is 1.16. The molecule has 2 aromatic heterocycles. The number of rotatable bonds is 7. The first-order chi connectivity index (χ1) is 15.9. The molecule has 2 aromatic carbocycles. The maximum Gasteiger partial charge on any atom is 0.266 e. The summed E-state index contributed by atoms with van der Waals surface area (Å²) in [7, 11) is 2.99. The second-order valence-corrected chi connectivity index (χ2v) is 7.01. The lowest BCUT2D eigenvalue weighted by molar-refractivity contribution is -0.116. The minimum atomic E-state index is -0.823. The molecular weight excluding hydrogens is 438 g/mol. The number of methoxy groups -OCH3 is 2. The van der Waals surface area contributed by atoms with Gasteiger partial charge < -0.3 is 19.3 Å². The van der Waals surface area contributed by atoms with E-state index in [1.165, 1.54) is 25.1 Å². The van der Waals surface area contributed by atoms with E-state index in [2.05, 4.69) is 15.5 Å². The Hall–Kier alpha value is -4.28. The Labute approximate surface area is 185 Å². The van der Waals surface area contributed by atoms with Crippen molar-refractivity contribution in [2.45, 2.75) is 13.0 Å². The highest BCUT2D eigenvalue weighted by Gasteiger charge is 2.18. The molecule has 4 aromatic rings. The molecule has 0 atom stereocenters. The number of hydrogen-bond donors (Lipinski definition) is 1. The fourth-order valence-corrected chi connectivity index (χ4v) is 3.25. The zero-order chi connectivity index (χ0) is 23.5. The lowest BCUT2D eigenvalue weighted by Gasteiger charge is -2.10. The average Bonchev–Trinajstić information content (AvgIpc) is 3.22. The molecule has 2 heterocycles. The number of amides is 1. The number of carbonyl (C=O) groups excluding carboxylic acids is 1. The molecule has 0 aliphatic carbocycles. The Morgan fingerprint density at radius 2 is 1.73 bits per heavy atom. The van der Waals surface area contributed by atoms with Gasteiger partial charge in [-0.3, -0.25) is 14.2 Å². The number of benzene rings is 2. The normalized spacial score (nSPS) is 10.9. The molecule has 4 rings (SSSR count). The molecule has 0 saturated heterocycles. The van der Waals surface area contributed by atoms with Crippen LogP contribution in [0.15, 0.2) is 52.0 Å². The minimum absolute atomic E-state index is 0.00313. The Morgan fingerprint density at radius 3 is 2.36 bits per heavy atom. The Bertz CT molecular complexity index is 1360. The van der Waals surface area contributed by atoms with Crippen molar-refractivity contribution >= 4 is 22.7 Å². The van der Waals surface area contributed by atoms with Crippen molar-refractivity contribution in [3.05, 3.63) is 64.7 Å². The highest BCUT2D eigenvalue weighted by molar-refractivity contribution is 5.91. The maximum atomic E-state index is 13.6.